The van der Waals surface area contributed by atoms with Gasteiger partial charge in [0, 0.05) is 10.4 Å². The zero-order chi connectivity index (χ0) is 14.8. The highest BCUT2D eigenvalue weighted by molar-refractivity contribution is 7.14. The van der Waals surface area contributed by atoms with Gasteiger partial charge in [0.1, 0.15) is 0 Å². The molecule has 0 unspecified atom stereocenters. The Balaban J connectivity index is 1.89. The van der Waals surface area contributed by atoms with Crippen LogP contribution < -0.4 is 10.6 Å². The highest BCUT2D eigenvalue weighted by Gasteiger charge is 2.18. The average Bonchev–Trinajstić information content (AvgIpc) is 2.77. The number of rotatable bonds is 3. The summed E-state index contributed by atoms with van der Waals surface area (Å²) in [6.45, 7) is 5.78. The Bertz CT molecular complexity index is 491. The van der Waals surface area contributed by atoms with E-state index in [2.05, 4.69) is 10.6 Å². The summed E-state index contributed by atoms with van der Waals surface area (Å²) in [5, 5.41) is 5.51. The summed E-state index contributed by atoms with van der Waals surface area (Å²) in [5.74, 6) is -0.305. The number of hydrogen-bond acceptors (Lipinski definition) is 3. The van der Waals surface area contributed by atoms with Crippen molar-refractivity contribution in [3.8, 4) is 0 Å². The molecule has 1 heterocycles. The monoisotopic (exact) mass is 294 g/mol. The second-order valence-corrected chi connectivity index (χ2v) is 7.38. The first-order chi connectivity index (χ1) is 9.35. The van der Waals surface area contributed by atoms with Gasteiger partial charge < -0.3 is 10.6 Å². The van der Waals surface area contributed by atoms with E-state index < -0.39 is 0 Å². The molecule has 0 atom stereocenters. The molecular formula is C15H22N2O2S. The molecule has 0 bridgehead atoms. The number of hydrogen-bond donors (Lipinski definition) is 2. The summed E-state index contributed by atoms with van der Waals surface area (Å²) in [6.07, 6.45) is 4.57. The van der Waals surface area contributed by atoms with E-state index in [1.54, 1.807) is 11.3 Å². The van der Waals surface area contributed by atoms with Gasteiger partial charge in [0.25, 0.3) is 5.91 Å². The molecule has 4 nitrogen and oxygen atoms in total. The van der Waals surface area contributed by atoms with E-state index in [1.165, 1.54) is 23.3 Å². The summed E-state index contributed by atoms with van der Waals surface area (Å²) >= 11 is 1.56. The van der Waals surface area contributed by atoms with Gasteiger partial charge in [-0.3, -0.25) is 9.59 Å². The molecule has 0 saturated carbocycles. The zero-order valence-electron chi connectivity index (χ0n) is 12.3. The van der Waals surface area contributed by atoms with Gasteiger partial charge in [-0.15, -0.1) is 11.3 Å². The Morgan fingerprint density at radius 2 is 1.95 bits per heavy atom. The van der Waals surface area contributed by atoms with Crippen molar-refractivity contribution in [1.29, 1.82) is 0 Å². The lowest BCUT2D eigenvalue weighted by Gasteiger charge is -2.20. The van der Waals surface area contributed by atoms with E-state index in [0.717, 1.165) is 17.7 Å². The van der Waals surface area contributed by atoms with Gasteiger partial charge >= 0.3 is 0 Å². The molecule has 5 heteroatoms. The minimum atomic E-state index is -0.274. The third-order valence-electron chi connectivity index (χ3n) is 3.14. The molecule has 0 saturated heterocycles. The predicted molar refractivity (Wildman–Crippen MR) is 81.2 cm³/mol. The van der Waals surface area contributed by atoms with Crippen LogP contribution in [-0.2, 0) is 17.6 Å². The Hall–Kier alpha value is -1.36. The Kier molecular flexibility index (Phi) is 4.48. The van der Waals surface area contributed by atoms with Gasteiger partial charge in [-0.2, -0.15) is 0 Å². The van der Waals surface area contributed by atoms with Crippen LogP contribution >= 0.6 is 11.3 Å². The molecule has 2 amide bonds. The van der Waals surface area contributed by atoms with Crippen LogP contribution in [0.4, 0.5) is 0 Å². The second kappa shape index (κ2) is 5.95. The Morgan fingerprint density at radius 1 is 1.25 bits per heavy atom. The van der Waals surface area contributed by atoms with Crippen LogP contribution in [0.5, 0.6) is 0 Å². The normalized spacial score (nSPS) is 14.6. The number of carbonyl (C=O) groups excluding carboxylic acids is 2. The lowest BCUT2D eigenvalue weighted by atomic mass is 9.99. The molecule has 2 rings (SSSR count). The maximum absolute atomic E-state index is 12.1. The van der Waals surface area contributed by atoms with Crippen LogP contribution in [0.1, 0.15) is 53.7 Å². The van der Waals surface area contributed by atoms with Gasteiger partial charge in [0.2, 0.25) is 5.91 Å². The van der Waals surface area contributed by atoms with Crippen LogP contribution in [0, 0.1) is 0 Å². The number of amides is 2. The van der Waals surface area contributed by atoms with Crippen LogP contribution in [-0.4, -0.2) is 23.9 Å². The topological polar surface area (TPSA) is 58.2 Å². The SMILES string of the molecule is CC(C)(C)NC(=O)CNC(=O)c1cc2c(s1)CCCC2. The van der Waals surface area contributed by atoms with Crippen molar-refractivity contribution < 1.29 is 9.59 Å². The molecule has 0 spiro atoms. The van der Waals surface area contributed by atoms with Crippen molar-refractivity contribution in [2.45, 2.75) is 52.0 Å². The van der Waals surface area contributed by atoms with Crippen molar-refractivity contribution in [2.75, 3.05) is 6.54 Å². The van der Waals surface area contributed by atoms with Crippen molar-refractivity contribution in [2.24, 2.45) is 0 Å². The average molecular weight is 294 g/mol. The molecule has 1 aromatic heterocycles. The molecule has 2 N–H and O–H groups in total. The molecular weight excluding hydrogens is 272 g/mol. The van der Waals surface area contributed by atoms with Crippen LogP contribution in [0.3, 0.4) is 0 Å². The molecule has 0 radical (unpaired) electrons. The van der Waals surface area contributed by atoms with Gasteiger partial charge in [-0.1, -0.05) is 0 Å². The highest BCUT2D eigenvalue weighted by atomic mass is 32.1. The van der Waals surface area contributed by atoms with E-state index >= 15 is 0 Å². The van der Waals surface area contributed by atoms with Gasteiger partial charge in [0.05, 0.1) is 11.4 Å². The first kappa shape index (κ1) is 15.0. The molecule has 1 aliphatic carbocycles. The summed E-state index contributed by atoms with van der Waals surface area (Å²) in [5.41, 5.74) is 1.04. The first-order valence-corrected chi connectivity index (χ1v) is 7.87. The molecule has 0 aromatic carbocycles. The van der Waals surface area contributed by atoms with Crippen molar-refractivity contribution in [3.63, 3.8) is 0 Å². The molecule has 1 aliphatic rings. The van der Waals surface area contributed by atoms with E-state index in [4.69, 9.17) is 0 Å². The van der Waals surface area contributed by atoms with Crippen molar-refractivity contribution in [1.82, 2.24) is 10.6 Å². The van der Waals surface area contributed by atoms with E-state index in [0.29, 0.717) is 0 Å². The third kappa shape index (κ3) is 4.07. The van der Waals surface area contributed by atoms with Crippen LogP contribution in [0.25, 0.3) is 0 Å². The minimum absolute atomic E-state index is 0.0265. The fourth-order valence-corrected chi connectivity index (χ4v) is 3.48. The molecule has 0 fully saturated rings. The highest BCUT2D eigenvalue weighted by Crippen LogP contribution is 2.29. The van der Waals surface area contributed by atoms with E-state index in [-0.39, 0.29) is 23.9 Å². The third-order valence-corrected chi connectivity index (χ3v) is 4.38. The van der Waals surface area contributed by atoms with Crippen LogP contribution in [0.15, 0.2) is 6.07 Å². The zero-order valence-corrected chi connectivity index (χ0v) is 13.2. The largest absolute Gasteiger partial charge is 0.350 e. The van der Waals surface area contributed by atoms with Gasteiger partial charge in [0.15, 0.2) is 0 Å². The van der Waals surface area contributed by atoms with E-state index in [9.17, 15) is 9.59 Å². The van der Waals surface area contributed by atoms with Gasteiger partial charge in [-0.25, -0.2) is 0 Å². The van der Waals surface area contributed by atoms with Crippen molar-refractivity contribution >= 4 is 23.2 Å². The molecule has 0 aliphatic heterocycles. The Labute approximate surface area is 124 Å². The fourth-order valence-electron chi connectivity index (χ4n) is 2.31. The summed E-state index contributed by atoms with van der Waals surface area (Å²) in [7, 11) is 0. The second-order valence-electron chi connectivity index (χ2n) is 6.25. The molecule has 1 aromatic rings. The number of nitrogens with one attached hydrogen (secondary N) is 2. The predicted octanol–water partition coefficient (Wildman–Crippen LogP) is 2.27. The lowest BCUT2D eigenvalue weighted by molar-refractivity contribution is -0.121. The van der Waals surface area contributed by atoms with Crippen molar-refractivity contribution in [3.05, 3.63) is 21.4 Å². The quantitative estimate of drug-likeness (QED) is 0.898. The fraction of sp³-hybridized carbons (Fsp3) is 0.600. The number of carbonyl (C=O) groups is 2. The maximum Gasteiger partial charge on any atom is 0.261 e. The van der Waals surface area contributed by atoms with Gasteiger partial charge in [-0.05, 0) is 58.1 Å². The number of fused-ring (bicyclic) bond motifs is 1. The maximum atomic E-state index is 12.1. The number of thiophene rings is 1. The first-order valence-electron chi connectivity index (χ1n) is 7.06. The smallest absolute Gasteiger partial charge is 0.261 e. The summed E-state index contributed by atoms with van der Waals surface area (Å²) in [4.78, 5) is 25.8. The molecule has 110 valence electrons. The number of aryl methyl sites for hydroxylation is 2. The summed E-state index contributed by atoms with van der Waals surface area (Å²) < 4.78 is 0. The van der Waals surface area contributed by atoms with E-state index in [1.807, 2.05) is 26.8 Å². The van der Waals surface area contributed by atoms with Crippen LogP contribution in [0.2, 0.25) is 0 Å². The summed E-state index contributed by atoms with van der Waals surface area (Å²) in [6, 6.07) is 1.98. The molecule has 20 heavy (non-hydrogen) atoms. The Morgan fingerprint density at radius 3 is 2.60 bits per heavy atom. The minimum Gasteiger partial charge on any atom is -0.350 e. The lowest BCUT2D eigenvalue weighted by Crippen LogP contribution is -2.45. The standard InChI is InChI=1S/C15H22N2O2S/c1-15(2,3)17-13(18)9-16-14(19)12-8-10-6-4-5-7-11(10)20-12/h8H,4-7,9H2,1-3H3,(H,16,19)(H,17,18).